The summed E-state index contributed by atoms with van der Waals surface area (Å²) in [4.78, 5) is 16.2. The normalized spacial score (nSPS) is 10.4. The monoisotopic (exact) mass is 324 g/mol. The Morgan fingerprint density at radius 1 is 1.17 bits per heavy atom. The van der Waals surface area contributed by atoms with Crippen LogP contribution in [-0.4, -0.2) is 28.2 Å². The van der Waals surface area contributed by atoms with Crippen molar-refractivity contribution in [2.75, 3.05) is 7.11 Å². The number of benzene rings is 1. The Morgan fingerprint density at radius 2 is 2.00 bits per heavy atom. The third-order valence-corrected chi connectivity index (χ3v) is 3.35. The first-order valence-electron chi connectivity index (χ1n) is 7.38. The lowest BCUT2D eigenvalue weighted by Crippen LogP contribution is -2.23. The van der Waals surface area contributed by atoms with Crippen LogP contribution in [0.25, 0.3) is 0 Å². The second-order valence-electron chi connectivity index (χ2n) is 4.99. The molecular formula is C17H16N4O3. The van der Waals surface area contributed by atoms with Gasteiger partial charge in [0.25, 0.3) is 0 Å². The molecule has 0 bridgehead atoms. The summed E-state index contributed by atoms with van der Waals surface area (Å²) in [5.74, 6) is 0.578. The number of amides is 1. The van der Waals surface area contributed by atoms with Crippen molar-refractivity contribution in [1.29, 1.82) is 0 Å². The number of ether oxygens (including phenoxy) is 1. The molecule has 122 valence electrons. The highest BCUT2D eigenvalue weighted by molar-refractivity contribution is 5.89. The summed E-state index contributed by atoms with van der Waals surface area (Å²) in [5, 5.41) is 10.4. The van der Waals surface area contributed by atoms with Gasteiger partial charge >= 0.3 is 11.8 Å². The molecule has 2 heterocycles. The van der Waals surface area contributed by atoms with Gasteiger partial charge in [-0.15, -0.1) is 10.2 Å². The Hall–Kier alpha value is -3.22. The standard InChI is InChI=1S/C17H16N4O3/c1-23-14-8-3-2-6-12(14)10-15-20-21-17(24-15)16(22)19-11-13-7-4-5-9-18-13/h2-9H,10-11H2,1H3,(H,19,22). The molecule has 0 saturated carbocycles. The molecule has 0 spiro atoms. The van der Waals surface area contributed by atoms with Gasteiger partial charge in [0.05, 0.1) is 25.8 Å². The van der Waals surface area contributed by atoms with Gasteiger partial charge in [-0.2, -0.15) is 0 Å². The number of methoxy groups -OCH3 is 1. The first kappa shape index (κ1) is 15.7. The molecule has 2 aromatic heterocycles. The van der Waals surface area contributed by atoms with Crippen molar-refractivity contribution in [1.82, 2.24) is 20.5 Å². The molecule has 0 aliphatic carbocycles. The fourth-order valence-electron chi connectivity index (χ4n) is 2.18. The van der Waals surface area contributed by atoms with E-state index in [9.17, 15) is 4.79 Å². The molecule has 0 unspecified atom stereocenters. The first-order valence-corrected chi connectivity index (χ1v) is 7.38. The average molecular weight is 324 g/mol. The maximum absolute atomic E-state index is 12.0. The van der Waals surface area contributed by atoms with Crippen LogP contribution in [0.3, 0.4) is 0 Å². The third kappa shape index (κ3) is 3.75. The van der Waals surface area contributed by atoms with Gasteiger partial charge in [0.1, 0.15) is 5.75 Å². The topological polar surface area (TPSA) is 90.1 Å². The van der Waals surface area contributed by atoms with Crippen LogP contribution in [-0.2, 0) is 13.0 Å². The number of carbonyl (C=O) groups is 1. The average Bonchev–Trinajstić information content (AvgIpc) is 3.10. The van der Waals surface area contributed by atoms with Gasteiger partial charge in [-0.25, -0.2) is 0 Å². The zero-order chi connectivity index (χ0) is 16.8. The lowest BCUT2D eigenvalue weighted by atomic mass is 10.1. The number of para-hydroxylation sites is 1. The van der Waals surface area contributed by atoms with Crippen LogP contribution < -0.4 is 10.1 Å². The maximum Gasteiger partial charge on any atom is 0.309 e. The van der Waals surface area contributed by atoms with Crippen molar-refractivity contribution in [3.63, 3.8) is 0 Å². The summed E-state index contributed by atoms with van der Waals surface area (Å²) < 4.78 is 10.7. The summed E-state index contributed by atoms with van der Waals surface area (Å²) in [7, 11) is 1.60. The minimum absolute atomic E-state index is 0.0733. The molecule has 1 N–H and O–H groups in total. The molecule has 0 radical (unpaired) electrons. The van der Waals surface area contributed by atoms with Crippen molar-refractivity contribution in [2.24, 2.45) is 0 Å². The fourth-order valence-corrected chi connectivity index (χ4v) is 2.18. The Bertz CT molecular complexity index is 817. The Kier molecular flexibility index (Phi) is 4.81. The number of hydrogen-bond donors (Lipinski definition) is 1. The number of nitrogens with one attached hydrogen (secondary N) is 1. The second kappa shape index (κ2) is 7.36. The lowest BCUT2D eigenvalue weighted by Gasteiger charge is -2.05. The number of aromatic nitrogens is 3. The zero-order valence-corrected chi connectivity index (χ0v) is 13.1. The van der Waals surface area contributed by atoms with E-state index in [4.69, 9.17) is 9.15 Å². The van der Waals surface area contributed by atoms with Crippen molar-refractivity contribution in [3.8, 4) is 5.75 Å². The van der Waals surface area contributed by atoms with Crippen LogP contribution in [0.1, 0.15) is 27.8 Å². The van der Waals surface area contributed by atoms with Crippen LogP contribution in [0.5, 0.6) is 5.75 Å². The van der Waals surface area contributed by atoms with E-state index in [1.165, 1.54) is 0 Å². The molecule has 0 saturated heterocycles. The molecule has 24 heavy (non-hydrogen) atoms. The Balaban J connectivity index is 1.63. The van der Waals surface area contributed by atoms with E-state index in [0.29, 0.717) is 18.9 Å². The number of hydrogen-bond acceptors (Lipinski definition) is 6. The van der Waals surface area contributed by atoms with Gasteiger partial charge in [-0.05, 0) is 18.2 Å². The Labute approximate surface area is 138 Å². The molecule has 1 aromatic carbocycles. The molecule has 3 aromatic rings. The van der Waals surface area contributed by atoms with E-state index in [1.54, 1.807) is 13.3 Å². The summed E-state index contributed by atoms with van der Waals surface area (Å²) in [6.45, 7) is 0.296. The largest absolute Gasteiger partial charge is 0.496 e. The van der Waals surface area contributed by atoms with Crippen molar-refractivity contribution in [2.45, 2.75) is 13.0 Å². The highest BCUT2D eigenvalue weighted by Crippen LogP contribution is 2.20. The number of rotatable bonds is 6. The quantitative estimate of drug-likeness (QED) is 0.746. The molecule has 7 nitrogen and oxygen atoms in total. The smallest absolute Gasteiger partial charge is 0.309 e. The van der Waals surface area contributed by atoms with Crippen molar-refractivity contribution < 1.29 is 13.9 Å². The van der Waals surface area contributed by atoms with Gasteiger partial charge in [0.2, 0.25) is 5.89 Å². The van der Waals surface area contributed by atoms with E-state index in [1.807, 2.05) is 42.5 Å². The van der Waals surface area contributed by atoms with E-state index in [2.05, 4.69) is 20.5 Å². The predicted molar refractivity (Wildman–Crippen MR) is 85.5 cm³/mol. The van der Waals surface area contributed by atoms with Crippen molar-refractivity contribution >= 4 is 5.91 Å². The van der Waals surface area contributed by atoms with E-state index < -0.39 is 5.91 Å². The highest BCUT2D eigenvalue weighted by atomic mass is 16.5. The van der Waals surface area contributed by atoms with E-state index in [0.717, 1.165) is 17.0 Å². The summed E-state index contributed by atoms with van der Waals surface area (Å²) in [6.07, 6.45) is 2.06. The number of pyridine rings is 1. The van der Waals surface area contributed by atoms with Crippen LogP contribution >= 0.6 is 0 Å². The van der Waals surface area contributed by atoms with Gasteiger partial charge in [-0.1, -0.05) is 24.3 Å². The molecule has 1 amide bonds. The highest BCUT2D eigenvalue weighted by Gasteiger charge is 2.16. The second-order valence-corrected chi connectivity index (χ2v) is 4.99. The molecule has 0 aliphatic rings. The van der Waals surface area contributed by atoms with E-state index >= 15 is 0 Å². The van der Waals surface area contributed by atoms with Gasteiger partial charge < -0.3 is 14.5 Å². The minimum Gasteiger partial charge on any atom is -0.496 e. The van der Waals surface area contributed by atoms with Gasteiger partial charge in [0.15, 0.2) is 0 Å². The lowest BCUT2D eigenvalue weighted by molar-refractivity contribution is 0.0914. The number of nitrogens with zero attached hydrogens (tertiary/aromatic N) is 3. The fraction of sp³-hybridized carbons (Fsp3) is 0.176. The molecule has 0 fully saturated rings. The van der Waals surface area contributed by atoms with E-state index in [-0.39, 0.29) is 5.89 Å². The molecule has 0 aliphatic heterocycles. The van der Waals surface area contributed by atoms with Crippen LogP contribution in [0, 0.1) is 0 Å². The molecule has 7 heteroatoms. The summed E-state index contributed by atoms with van der Waals surface area (Å²) >= 11 is 0. The first-order chi connectivity index (χ1) is 11.8. The van der Waals surface area contributed by atoms with Crippen LogP contribution in [0.4, 0.5) is 0 Å². The number of carbonyl (C=O) groups excluding carboxylic acids is 1. The third-order valence-electron chi connectivity index (χ3n) is 3.35. The predicted octanol–water partition coefficient (Wildman–Crippen LogP) is 1.99. The summed E-state index contributed by atoms with van der Waals surface area (Å²) in [5.41, 5.74) is 1.66. The maximum atomic E-state index is 12.0. The molecule has 3 rings (SSSR count). The molecular weight excluding hydrogens is 308 g/mol. The minimum atomic E-state index is -0.431. The summed E-state index contributed by atoms with van der Waals surface area (Å²) in [6, 6.07) is 13.0. The van der Waals surface area contributed by atoms with Crippen LogP contribution in [0.15, 0.2) is 53.1 Å². The SMILES string of the molecule is COc1ccccc1Cc1nnc(C(=O)NCc2ccccn2)o1. The zero-order valence-electron chi connectivity index (χ0n) is 13.1. The van der Waals surface area contributed by atoms with Crippen LogP contribution in [0.2, 0.25) is 0 Å². The van der Waals surface area contributed by atoms with Gasteiger partial charge in [-0.3, -0.25) is 9.78 Å². The van der Waals surface area contributed by atoms with Gasteiger partial charge in [0, 0.05) is 11.8 Å². The van der Waals surface area contributed by atoms with Crippen molar-refractivity contribution in [3.05, 3.63) is 71.7 Å². The molecule has 0 atom stereocenters. The Morgan fingerprint density at radius 3 is 2.79 bits per heavy atom.